The topological polar surface area (TPSA) is 0 Å². The van der Waals surface area contributed by atoms with Crippen molar-refractivity contribution in [1.82, 2.24) is 0 Å². The summed E-state index contributed by atoms with van der Waals surface area (Å²) >= 11 is 0. The van der Waals surface area contributed by atoms with E-state index in [9.17, 15) is 0 Å². The van der Waals surface area contributed by atoms with Crippen LogP contribution in [-0.2, 0) is 0 Å². The van der Waals surface area contributed by atoms with Gasteiger partial charge >= 0.3 is 0 Å². The highest BCUT2D eigenvalue weighted by Crippen LogP contribution is 2.21. The number of rotatable bonds is 3. The predicted molar refractivity (Wildman–Crippen MR) is 103 cm³/mol. The van der Waals surface area contributed by atoms with E-state index in [1.807, 2.05) is 0 Å². The van der Waals surface area contributed by atoms with Crippen molar-refractivity contribution in [2.45, 2.75) is 122 Å². The fraction of sp³-hybridized carbons (Fsp3) is 1.00. The molecule has 21 heavy (non-hydrogen) atoms. The Morgan fingerprint density at radius 1 is 0.476 bits per heavy atom. The van der Waals surface area contributed by atoms with Crippen molar-refractivity contribution in [3.05, 3.63) is 0 Å². The zero-order valence-electron chi connectivity index (χ0n) is 17.7. The number of unbranched alkanes of at least 4 members (excludes halogenated alkanes) is 1. The first-order valence-corrected chi connectivity index (χ1v) is 9.18. The van der Waals surface area contributed by atoms with Gasteiger partial charge in [-0.25, -0.2) is 0 Å². The van der Waals surface area contributed by atoms with E-state index in [0.717, 1.165) is 0 Å². The minimum atomic E-state index is 0.542. The van der Waals surface area contributed by atoms with Gasteiger partial charge in [0, 0.05) is 0 Å². The summed E-state index contributed by atoms with van der Waals surface area (Å²) in [5.74, 6) is 0. The molecule has 0 aromatic heterocycles. The van der Waals surface area contributed by atoms with Gasteiger partial charge in [0.25, 0.3) is 0 Å². The Kier molecular flexibility index (Phi) is 15.5. The van der Waals surface area contributed by atoms with E-state index in [2.05, 4.69) is 83.1 Å². The Labute approximate surface area is 138 Å². The highest BCUT2D eigenvalue weighted by molar-refractivity contribution is 4.59. The Hall–Kier alpha value is 0. The van der Waals surface area contributed by atoms with E-state index < -0.39 is 0 Å². The van der Waals surface area contributed by atoms with Crippen molar-refractivity contribution in [1.29, 1.82) is 0 Å². The normalized spacial score (nSPS) is 12.0. The largest absolute Gasteiger partial charge is 0.0654 e. The van der Waals surface area contributed by atoms with E-state index >= 15 is 0 Å². The van der Waals surface area contributed by atoms with Crippen LogP contribution >= 0.6 is 0 Å². The van der Waals surface area contributed by atoms with Crippen LogP contribution in [0.1, 0.15) is 122 Å². The molecule has 0 nitrogen and oxygen atoms in total. The Morgan fingerprint density at radius 3 is 0.857 bits per heavy atom. The summed E-state index contributed by atoms with van der Waals surface area (Å²) in [6.07, 6.45) is 7.99. The maximum atomic E-state index is 2.29. The third-order valence-electron chi connectivity index (χ3n) is 3.34. The molecule has 0 N–H and O–H groups in total. The van der Waals surface area contributed by atoms with Gasteiger partial charge in [0.2, 0.25) is 0 Å². The Bertz CT molecular complexity index is 192. The molecule has 0 bridgehead atoms. The standard InChI is InChI=1S/C8H18.C7H16.C6H14/c1-5-6-7-8(2,3)4;1-5-6-7(2,3)4;1-5-6(2,3)4/h5-7H2,1-4H3;5-6H2,1-4H3;5H2,1-4H3. The summed E-state index contributed by atoms with van der Waals surface area (Å²) in [4.78, 5) is 0. The summed E-state index contributed by atoms with van der Waals surface area (Å²) in [6.45, 7) is 27.1. The first-order valence-electron chi connectivity index (χ1n) is 9.18. The van der Waals surface area contributed by atoms with Crippen LogP contribution in [0.3, 0.4) is 0 Å². The van der Waals surface area contributed by atoms with Gasteiger partial charge in [-0.3, -0.25) is 0 Å². The van der Waals surface area contributed by atoms with Gasteiger partial charge in [-0.05, 0) is 29.1 Å². The van der Waals surface area contributed by atoms with Gasteiger partial charge in [-0.1, -0.05) is 109 Å². The van der Waals surface area contributed by atoms with Crippen molar-refractivity contribution in [2.24, 2.45) is 16.2 Å². The van der Waals surface area contributed by atoms with E-state index in [4.69, 9.17) is 0 Å². The van der Waals surface area contributed by atoms with Gasteiger partial charge in [-0.15, -0.1) is 0 Å². The molecule has 0 rings (SSSR count). The minimum absolute atomic E-state index is 0.542. The molecule has 0 aliphatic rings. The maximum absolute atomic E-state index is 2.29. The summed E-state index contributed by atoms with van der Waals surface area (Å²) in [5, 5.41) is 0. The summed E-state index contributed by atoms with van der Waals surface area (Å²) in [6, 6.07) is 0. The molecule has 0 aromatic carbocycles. The SMILES string of the molecule is CCC(C)(C)C.CCCC(C)(C)C.CCCCC(C)(C)C. The van der Waals surface area contributed by atoms with Crippen molar-refractivity contribution >= 4 is 0 Å². The zero-order chi connectivity index (χ0) is 17.7. The van der Waals surface area contributed by atoms with Gasteiger partial charge in [-0.2, -0.15) is 0 Å². The summed E-state index contributed by atoms with van der Waals surface area (Å²) in [5.41, 5.74) is 1.64. The van der Waals surface area contributed by atoms with Crippen LogP contribution in [0.25, 0.3) is 0 Å². The second kappa shape index (κ2) is 12.5. The van der Waals surface area contributed by atoms with Gasteiger partial charge < -0.3 is 0 Å². The molecule has 0 heterocycles. The van der Waals surface area contributed by atoms with E-state index in [1.165, 1.54) is 38.5 Å². The number of hydrogen-bond acceptors (Lipinski definition) is 0. The average Bonchev–Trinajstić information content (AvgIpc) is 2.24. The smallest absolute Gasteiger partial charge is 0.0383 e. The van der Waals surface area contributed by atoms with Crippen LogP contribution < -0.4 is 0 Å². The Morgan fingerprint density at radius 2 is 0.810 bits per heavy atom. The lowest BCUT2D eigenvalue weighted by atomic mass is 9.90. The molecule has 0 unspecified atom stereocenters. The zero-order valence-corrected chi connectivity index (χ0v) is 17.7. The second-order valence-corrected chi connectivity index (χ2v) is 9.89. The molecule has 0 saturated heterocycles. The van der Waals surface area contributed by atoms with Crippen molar-refractivity contribution in [3.63, 3.8) is 0 Å². The molecule has 132 valence electrons. The molecular weight excluding hydrogens is 252 g/mol. The molecule has 0 atom stereocenters. The van der Waals surface area contributed by atoms with Gasteiger partial charge in [0.15, 0.2) is 0 Å². The third kappa shape index (κ3) is 45.0. The molecule has 0 aliphatic heterocycles. The van der Waals surface area contributed by atoms with Crippen LogP contribution in [0.4, 0.5) is 0 Å². The van der Waals surface area contributed by atoms with Crippen LogP contribution in [0.15, 0.2) is 0 Å². The Balaban J connectivity index is -0.000000234. The third-order valence-corrected chi connectivity index (χ3v) is 3.34. The van der Waals surface area contributed by atoms with Crippen LogP contribution in [-0.4, -0.2) is 0 Å². The molecule has 0 saturated carbocycles. The fourth-order valence-corrected chi connectivity index (χ4v) is 1.46. The predicted octanol–water partition coefficient (Wildman–Crippen LogP) is 8.50. The van der Waals surface area contributed by atoms with Crippen molar-refractivity contribution in [2.75, 3.05) is 0 Å². The van der Waals surface area contributed by atoms with E-state index in [0.29, 0.717) is 16.2 Å². The van der Waals surface area contributed by atoms with Crippen LogP contribution in [0.5, 0.6) is 0 Å². The monoisotopic (exact) mass is 300 g/mol. The second-order valence-electron chi connectivity index (χ2n) is 9.89. The van der Waals surface area contributed by atoms with E-state index in [-0.39, 0.29) is 0 Å². The lowest BCUT2D eigenvalue weighted by Gasteiger charge is -2.16. The van der Waals surface area contributed by atoms with Crippen molar-refractivity contribution < 1.29 is 0 Å². The average molecular weight is 301 g/mol. The molecule has 0 radical (unpaired) electrons. The lowest BCUT2D eigenvalue weighted by molar-refractivity contribution is 0.363. The first-order chi connectivity index (χ1) is 9.18. The fourth-order valence-electron chi connectivity index (χ4n) is 1.46. The molecule has 0 aromatic rings. The van der Waals surface area contributed by atoms with Crippen molar-refractivity contribution in [3.8, 4) is 0 Å². The molecule has 0 aliphatic carbocycles. The maximum Gasteiger partial charge on any atom is -0.0383 e. The highest BCUT2D eigenvalue weighted by atomic mass is 14.1. The molecule has 0 fully saturated rings. The molecule has 0 amide bonds. The van der Waals surface area contributed by atoms with Gasteiger partial charge in [0.05, 0.1) is 0 Å². The van der Waals surface area contributed by atoms with Gasteiger partial charge in [0.1, 0.15) is 0 Å². The minimum Gasteiger partial charge on any atom is -0.0654 e. The first kappa shape index (κ1) is 25.9. The molecule has 0 heteroatoms. The van der Waals surface area contributed by atoms with Crippen LogP contribution in [0.2, 0.25) is 0 Å². The summed E-state index contributed by atoms with van der Waals surface area (Å²) < 4.78 is 0. The van der Waals surface area contributed by atoms with E-state index in [1.54, 1.807) is 0 Å². The quantitative estimate of drug-likeness (QED) is 0.490. The lowest BCUT2D eigenvalue weighted by Crippen LogP contribution is -2.03. The highest BCUT2D eigenvalue weighted by Gasteiger charge is 2.07. The van der Waals surface area contributed by atoms with Crippen LogP contribution in [0, 0.1) is 16.2 Å². The molecule has 0 spiro atoms. The molecular formula is C21H48. The number of hydrogen-bond donors (Lipinski definition) is 0. The summed E-state index contributed by atoms with van der Waals surface area (Å²) in [7, 11) is 0.